The summed E-state index contributed by atoms with van der Waals surface area (Å²) in [5.41, 5.74) is 1.89. The van der Waals surface area contributed by atoms with Gasteiger partial charge in [-0.15, -0.1) is 5.10 Å². The molecule has 6 nitrogen and oxygen atoms in total. The lowest BCUT2D eigenvalue weighted by Gasteiger charge is -2.22. The van der Waals surface area contributed by atoms with Crippen LogP contribution in [0, 0.1) is 0 Å². The number of aromatic nitrogens is 3. The Labute approximate surface area is 125 Å². The van der Waals surface area contributed by atoms with Crippen molar-refractivity contribution in [2.45, 2.75) is 44.6 Å². The number of carbonyl (C=O) groups excluding carboxylic acids is 1. The number of hydrogen-bond acceptors (Lipinski definition) is 4. The average Bonchev–Trinajstić information content (AvgIpc) is 3.20. The molecular weight excluding hydrogens is 266 g/mol. The van der Waals surface area contributed by atoms with Crippen molar-refractivity contribution in [1.29, 1.82) is 0 Å². The molecule has 1 amide bonds. The zero-order valence-electron chi connectivity index (χ0n) is 12.3. The highest BCUT2D eigenvalue weighted by Crippen LogP contribution is 2.20. The largest absolute Gasteiger partial charge is 0.350 e. The zero-order valence-corrected chi connectivity index (χ0v) is 12.3. The molecule has 1 aromatic rings. The average molecular weight is 289 g/mol. The lowest BCUT2D eigenvalue weighted by Crippen LogP contribution is -2.29. The van der Waals surface area contributed by atoms with E-state index >= 15 is 0 Å². The van der Waals surface area contributed by atoms with Crippen molar-refractivity contribution in [2.75, 3.05) is 19.6 Å². The number of nitrogens with zero attached hydrogens (tertiary/aromatic N) is 3. The predicted molar refractivity (Wildman–Crippen MR) is 80.0 cm³/mol. The van der Waals surface area contributed by atoms with Gasteiger partial charge in [-0.1, -0.05) is 16.9 Å². The van der Waals surface area contributed by atoms with Crippen molar-refractivity contribution in [3.8, 4) is 0 Å². The van der Waals surface area contributed by atoms with E-state index < -0.39 is 0 Å². The van der Waals surface area contributed by atoms with Crippen LogP contribution in [0.4, 0.5) is 0 Å². The summed E-state index contributed by atoms with van der Waals surface area (Å²) in [7, 11) is 0. The first-order valence-corrected chi connectivity index (χ1v) is 7.91. The molecule has 0 unspecified atom stereocenters. The summed E-state index contributed by atoms with van der Waals surface area (Å²) < 4.78 is 1.84. The third-order valence-corrected chi connectivity index (χ3v) is 4.29. The standard InChI is InChI=1S/C15H23N5O/c21-15(17-10-5-12-3-1-2-4-12)14-11-20(19-18-14)13-6-8-16-9-7-13/h3,11,13,16H,1-2,4-10H2,(H,17,21). The Balaban J connectivity index is 1.49. The van der Waals surface area contributed by atoms with Gasteiger partial charge in [-0.3, -0.25) is 4.79 Å². The SMILES string of the molecule is O=C(NCCC1=CCCC1)c1cn(C2CCNCC2)nn1. The van der Waals surface area contributed by atoms with E-state index in [0.717, 1.165) is 32.4 Å². The molecule has 1 saturated heterocycles. The Kier molecular flexibility index (Phi) is 4.65. The maximum absolute atomic E-state index is 12.1. The third-order valence-electron chi connectivity index (χ3n) is 4.29. The molecule has 0 saturated carbocycles. The second-order valence-corrected chi connectivity index (χ2v) is 5.83. The Bertz CT molecular complexity index is 516. The molecule has 114 valence electrons. The van der Waals surface area contributed by atoms with Gasteiger partial charge < -0.3 is 10.6 Å². The molecule has 0 atom stereocenters. The van der Waals surface area contributed by atoms with E-state index in [1.165, 1.54) is 24.8 Å². The van der Waals surface area contributed by atoms with Crippen LogP contribution in [-0.4, -0.2) is 40.5 Å². The van der Waals surface area contributed by atoms with Crippen LogP contribution in [0.1, 0.15) is 55.1 Å². The monoisotopic (exact) mass is 289 g/mol. The van der Waals surface area contributed by atoms with Crippen LogP contribution in [0.3, 0.4) is 0 Å². The molecule has 1 aliphatic carbocycles. The number of nitrogens with one attached hydrogen (secondary N) is 2. The van der Waals surface area contributed by atoms with E-state index in [9.17, 15) is 4.79 Å². The molecule has 2 heterocycles. The zero-order chi connectivity index (χ0) is 14.5. The number of carbonyl (C=O) groups is 1. The van der Waals surface area contributed by atoms with Crippen LogP contribution in [0.15, 0.2) is 17.8 Å². The van der Waals surface area contributed by atoms with Crippen LogP contribution in [0.5, 0.6) is 0 Å². The van der Waals surface area contributed by atoms with Gasteiger partial charge in [0.25, 0.3) is 5.91 Å². The maximum atomic E-state index is 12.1. The highest BCUT2D eigenvalue weighted by Gasteiger charge is 2.18. The summed E-state index contributed by atoms with van der Waals surface area (Å²) >= 11 is 0. The van der Waals surface area contributed by atoms with Gasteiger partial charge in [0.2, 0.25) is 0 Å². The molecule has 0 bridgehead atoms. The van der Waals surface area contributed by atoms with Gasteiger partial charge in [-0.05, 0) is 51.6 Å². The second-order valence-electron chi connectivity index (χ2n) is 5.83. The fourth-order valence-electron chi connectivity index (χ4n) is 3.02. The number of amides is 1. The van der Waals surface area contributed by atoms with Crippen LogP contribution >= 0.6 is 0 Å². The van der Waals surface area contributed by atoms with E-state index in [-0.39, 0.29) is 5.91 Å². The molecule has 1 aliphatic heterocycles. The van der Waals surface area contributed by atoms with Gasteiger partial charge in [0, 0.05) is 6.54 Å². The van der Waals surface area contributed by atoms with Crippen LogP contribution in [0.2, 0.25) is 0 Å². The fourth-order valence-corrected chi connectivity index (χ4v) is 3.02. The highest BCUT2D eigenvalue weighted by atomic mass is 16.2. The summed E-state index contributed by atoms with van der Waals surface area (Å²) in [5.74, 6) is -0.117. The summed E-state index contributed by atoms with van der Waals surface area (Å²) in [5, 5.41) is 14.4. The lowest BCUT2D eigenvalue weighted by atomic mass is 10.1. The molecule has 2 N–H and O–H groups in total. The maximum Gasteiger partial charge on any atom is 0.273 e. The summed E-state index contributed by atoms with van der Waals surface area (Å²) in [4.78, 5) is 12.1. The molecule has 1 aromatic heterocycles. The quantitative estimate of drug-likeness (QED) is 0.804. The van der Waals surface area contributed by atoms with Crippen molar-refractivity contribution >= 4 is 5.91 Å². The molecule has 21 heavy (non-hydrogen) atoms. The van der Waals surface area contributed by atoms with E-state index in [4.69, 9.17) is 0 Å². The summed E-state index contributed by atoms with van der Waals surface area (Å²) in [6.45, 7) is 2.69. The first-order chi connectivity index (χ1) is 10.3. The van der Waals surface area contributed by atoms with Crippen LogP contribution in [-0.2, 0) is 0 Å². The van der Waals surface area contributed by atoms with Crippen LogP contribution in [0.25, 0.3) is 0 Å². The number of piperidine rings is 1. The van der Waals surface area contributed by atoms with Gasteiger partial charge in [0.1, 0.15) is 0 Å². The third kappa shape index (κ3) is 3.69. The first kappa shape index (κ1) is 14.3. The van der Waals surface area contributed by atoms with Gasteiger partial charge in [0.15, 0.2) is 5.69 Å². The minimum Gasteiger partial charge on any atom is -0.350 e. The Hall–Kier alpha value is -1.69. The Morgan fingerprint density at radius 3 is 3.05 bits per heavy atom. The first-order valence-electron chi connectivity index (χ1n) is 7.91. The van der Waals surface area contributed by atoms with Crippen molar-refractivity contribution in [2.24, 2.45) is 0 Å². The van der Waals surface area contributed by atoms with Gasteiger partial charge >= 0.3 is 0 Å². The molecule has 3 rings (SSSR count). The summed E-state index contributed by atoms with van der Waals surface area (Å²) in [6.07, 6.45) is 10.7. The number of hydrogen-bond donors (Lipinski definition) is 2. The van der Waals surface area contributed by atoms with Crippen molar-refractivity contribution in [1.82, 2.24) is 25.6 Å². The fraction of sp³-hybridized carbons (Fsp3) is 0.667. The topological polar surface area (TPSA) is 71.8 Å². The van der Waals surface area contributed by atoms with E-state index in [1.54, 1.807) is 6.20 Å². The van der Waals surface area contributed by atoms with Gasteiger partial charge in [0.05, 0.1) is 12.2 Å². The van der Waals surface area contributed by atoms with Crippen molar-refractivity contribution < 1.29 is 4.79 Å². The molecule has 0 spiro atoms. The van der Waals surface area contributed by atoms with Crippen molar-refractivity contribution in [3.63, 3.8) is 0 Å². The van der Waals surface area contributed by atoms with E-state index in [2.05, 4.69) is 27.0 Å². The Morgan fingerprint density at radius 2 is 2.29 bits per heavy atom. The van der Waals surface area contributed by atoms with E-state index in [0.29, 0.717) is 18.3 Å². The molecule has 2 aliphatic rings. The molecule has 0 aromatic carbocycles. The minimum absolute atomic E-state index is 0.117. The lowest BCUT2D eigenvalue weighted by molar-refractivity contribution is 0.0949. The smallest absolute Gasteiger partial charge is 0.273 e. The second kappa shape index (κ2) is 6.85. The molecule has 1 fully saturated rings. The Morgan fingerprint density at radius 1 is 1.43 bits per heavy atom. The van der Waals surface area contributed by atoms with Gasteiger partial charge in [-0.2, -0.15) is 0 Å². The summed E-state index contributed by atoms with van der Waals surface area (Å²) in [6, 6.07) is 0.365. The number of allylic oxidation sites excluding steroid dienone is 1. The number of rotatable bonds is 5. The molecular formula is C15H23N5O. The molecule has 0 radical (unpaired) electrons. The van der Waals surface area contributed by atoms with E-state index in [1.807, 2.05) is 4.68 Å². The molecule has 6 heteroatoms. The highest BCUT2D eigenvalue weighted by molar-refractivity contribution is 5.91. The normalized spacial score (nSPS) is 19.5. The van der Waals surface area contributed by atoms with Crippen molar-refractivity contribution in [3.05, 3.63) is 23.5 Å². The predicted octanol–water partition coefficient (Wildman–Crippen LogP) is 1.43. The van der Waals surface area contributed by atoms with Crippen LogP contribution < -0.4 is 10.6 Å². The minimum atomic E-state index is -0.117. The van der Waals surface area contributed by atoms with Gasteiger partial charge in [-0.25, -0.2) is 4.68 Å².